The molecule has 1 unspecified atom stereocenters. The number of hydrogen-bond donors (Lipinski definition) is 2. The van der Waals surface area contributed by atoms with E-state index in [-0.39, 0.29) is 6.10 Å². The molecule has 0 aromatic carbocycles. The van der Waals surface area contributed by atoms with Crippen LogP contribution < -0.4 is 5.32 Å². The van der Waals surface area contributed by atoms with Crippen molar-refractivity contribution >= 4 is 11.3 Å². The molecule has 0 aliphatic heterocycles. The van der Waals surface area contributed by atoms with Crippen molar-refractivity contribution in [2.75, 3.05) is 6.54 Å². The summed E-state index contributed by atoms with van der Waals surface area (Å²) in [5.41, 5.74) is 2.92. The van der Waals surface area contributed by atoms with Gasteiger partial charge < -0.3 is 10.4 Å². The van der Waals surface area contributed by atoms with Gasteiger partial charge in [-0.1, -0.05) is 0 Å². The molecule has 0 amide bonds. The Morgan fingerprint density at radius 1 is 1.75 bits per heavy atom. The lowest BCUT2D eigenvalue weighted by atomic mass is 10.3. The van der Waals surface area contributed by atoms with Gasteiger partial charge >= 0.3 is 0 Å². The summed E-state index contributed by atoms with van der Waals surface area (Å²) in [4.78, 5) is 5.38. The fourth-order valence-corrected chi connectivity index (χ4v) is 1.64. The molecule has 0 saturated heterocycles. The van der Waals surface area contributed by atoms with Crippen LogP contribution in [0.4, 0.5) is 0 Å². The molecule has 0 bridgehead atoms. The van der Waals surface area contributed by atoms with Gasteiger partial charge in [0.1, 0.15) is 0 Å². The summed E-state index contributed by atoms with van der Waals surface area (Å²) in [5, 5.41) is 12.1. The number of aliphatic hydroxyl groups is 1. The molecule has 0 radical (unpaired) electrons. The third kappa shape index (κ3) is 2.89. The third-order valence-electron chi connectivity index (χ3n) is 1.57. The van der Waals surface area contributed by atoms with E-state index in [1.165, 1.54) is 4.88 Å². The van der Waals surface area contributed by atoms with Crippen LogP contribution in [0.1, 0.15) is 17.5 Å². The molecule has 0 spiro atoms. The summed E-state index contributed by atoms with van der Waals surface area (Å²) in [6.45, 7) is 5.21. The number of hydrogen-bond acceptors (Lipinski definition) is 4. The van der Waals surface area contributed by atoms with E-state index in [0.717, 1.165) is 12.2 Å². The summed E-state index contributed by atoms with van der Waals surface area (Å²) in [6, 6.07) is 0. The molecule has 12 heavy (non-hydrogen) atoms. The monoisotopic (exact) mass is 186 g/mol. The van der Waals surface area contributed by atoms with Crippen molar-refractivity contribution in [3.63, 3.8) is 0 Å². The zero-order chi connectivity index (χ0) is 8.97. The highest BCUT2D eigenvalue weighted by Crippen LogP contribution is 2.10. The van der Waals surface area contributed by atoms with Crippen LogP contribution in [0, 0.1) is 6.92 Å². The van der Waals surface area contributed by atoms with Crippen molar-refractivity contribution < 1.29 is 5.11 Å². The van der Waals surface area contributed by atoms with Crippen molar-refractivity contribution in [3.05, 3.63) is 16.1 Å². The lowest BCUT2D eigenvalue weighted by molar-refractivity contribution is 0.191. The van der Waals surface area contributed by atoms with Gasteiger partial charge in [-0.25, -0.2) is 4.98 Å². The first-order chi connectivity index (χ1) is 5.70. The maximum atomic E-state index is 8.98. The fourth-order valence-electron chi connectivity index (χ4n) is 0.890. The normalized spacial score (nSPS) is 13.2. The van der Waals surface area contributed by atoms with Crippen molar-refractivity contribution in [2.45, 2.75) is 26.5 Å². The average molecular weight is 186 g/mol. The standard InChI is InChI=1S/C8H14N2OS/c1-6(11)3-9-4-8-7(2)10-5-12-8/h5-6,9,11H,3-4H2,1-2H3. The summed E-state index contributed by atoms with van der Waals surface area (Å²) in [5.74, 6) is 0. The Morgan fingerprint density at radius 3 is 3.00 bits per heavy atom. The Bertz CT molecular complexity index is 235. The third-order valence-corrected chi connectivity index (χ3v) is 2.51. The van der Waals surface area contributed by atoms with Crippen LogP contribution in [-0.4, -0.2) is 22.7 Å². The smallest absolute Gasteiger partial charge is 0.0798 e. The quantitative estimate of drug-likeness (QED) is 0.735. The molecule has 1 heterocycles. The Balaban J connectivity index is 2.29. The minimum Gasteiger partial charge on any atom is -0.392 e. The second-order valence-corrected chi connectivity index (χ2v) is 3.78. The van der Waals surface area contributed by atoms with Gasteiger partial charge in [0.2, 0.25) is 0 Å². The topological polar surface area (TPSA) is 45.2 Å². The number of aryl methyl sites for hydroxylation is 1. The predicted molar refractivity (Wildman–Crippen MR) is 50.2 cm³/mol. The number of nitrogens with zero attached hydrogens (tertiary/aromatic N) is 1. The molecule has 2 N–H and O–H groups in total. The van der Waals surface area contributed by atoms with E-state index in [0.29, 0.717) is 6.54 Å². The minimum atomic E-state index is -0.279. The molecular formula is C8H14N2OS. The van der Waals surface area contributed by atoms with E-state index in [1.807, 2.05) is 12.4 Å². The van der Waals surface area contributed by atoms with Gasteiger partial charge in [-0.15, -0.1) is 11.3 Å². The number of rotatable bonds is 4. The molecule has 3 nitrogen and oxygen atoms in total. The van der Waals surface area contributed by atoms with Crippen molar-refractivity contribution in [1.82, 2.24) is 10.3 Å². The molecule has 1 rings (SSSR count). The zero-order valence-electron chi connectivity index (χ0n) is 7.37. The molecular weight excluding hydrogens is 172 g/mol. The average Bonchev–Trinajstić information content (AvgIpc) is 2.36. The molecule has 0 saturated carbocycles. The molecule has 1 aromatic rings. The molecule has 0 aliphatic carbocycles. The lowest BCUT2D eigenvalue weighted by Gasteiger charge is -2.05. The summed E-state index contributed by atoms with van der Waals surface area (Å²) < 4.78 is 0. The second-order valence-electron chi connectivity index (χ2n) is 2.84. The Morgan fingerprint density at radius 2 is 2.50 bits per heavy atom. The molecule has 1 aromatic heterocycles. The highest BCUT2D eigenvalue weighted by Gasteiger charge is 2.00. The van der Waals surface area contributed by atoms with E-state index in [4.69, 9.17) is 5.11 Å². The van der Waals surface area contributed by atoms with Gasteiger partial charge in [0.25, 0.3) is 0 Å². The number of aromatic nitrogens is 1. The predicted octanol–water partition coefficient (Wildman–Crippen LogP) is 0.922. The van der Waals surface area contributed by atoms with E-state index in [9.17, 15) is 0 Å². The number of thiazole rings is 1. The Kier molecular flexibility index (Phi) is 3.65. The fraction of sp³-hybridized carbons (Fsp3) is 0.625. The van der Waals surface area contributed by atoms with Gasteiger partial charge in [-0.2, -0.15) is 0 Å². The first-order valence-electron chi connectivity index (χ1n) is 3.98. The summed E-state index contributed by atoms with van der Waals surface area (Å²) in [7, 11) is 0. The van der Waals surface area contributed by atoms with E-state index >= 15 is 0 Å². The Labute approximate surface area is 76.5 Å². The second kappa shape index (κ2) is 4.54. The van der Waals surface area contributed by atoms with Crippen molar-refractivity contribution in [1.29, 1.82) is 0 Å². The van der Waals surface area contributed by atoms with Crippen LogP contribution in [0.15, 0.2) is 5.51 Å². The maximum Gasteiger partial charge on any atom is 0.0798 e. The van der Waals surface area contributed by atoms with Gasteiger partial charge in [-0.3, -0.25) is 0 Å². The van der Waals surface area contributed by atoms with Crippen molar-refractivity contribution in [3.8, 4) is 0 Å². The SMILES string of the molecule is Cc1ncsc1CNCC(C)O. The summed E-state index contributed by atoms with van der Waals surface area (Å²) >= 11 is 1.65. The maximum absolute atomic E-state index is 8.98. The van der Waals surface area contributed by atoms with Crippen LogP contribution in [-0.2, 0) is 6.54 Å². The van der Waals surface area contributed by atoms with Gasteiger partial charge in [-0.05, 0) is 13.8 Å². The molecule has 0 fully saturated rings. The van der Waals surface area contributed by atoms with Crippen LogP contribution in [0.5, 0.6) is 0 Å². The largest absolute Gasteiger partial charge is 0.392 e. The lowest BCUT2D eigenvalue weighted by Crippen LogP contribution is -2.23. The number of aliphatic hydroxyl groups excluding tert-OH is 1. The van der Waals surface area contributed by atoms with Crippen LogP contribution in [0.2, 0.25) is 0 Å². The van der Waals surface area contributed by atoms with Crippen molar-refractivity contribution in [2.24, 2.45) is 0 Å². The molecule has 4 heteroatoms. The van der Waals surface area contributed by atoms with Crippen LogP contribution >= 0.6 is 11.3 Å². The van der Waals surface area contributed by atoms with Gasteiger partial charge in [0, 0.05) is 18.0 Å². The first-order valence-corrected chi connectivity index (χ1v) is 4.86. The Hall–Kier alpha value is -0.450. The minimum absolute atomic E-state index is 0.279. The highest BCUT2D eigenvalue weighted by atomic mass is 32.1. The zero-order valence-corrected chi connectivity index (χ0v) is 8.19. The first kappa shape index (κ1) is 9.64. The molecule has 0 aliphatic rings. The van der Waals surface area contributed by atoms with Gasteiger partial charge in [0.15, 0.2) is 0 Å². The van der Waals surface area contributed by atoms with E-state index in [1.54, 1.807) is 18.3 Å². The summed E-state index contributed by atoms with van der Waals surface area (Å²) in [6.07, 6.45) is -0.279. The molecule has 1 atom stereocenters. The van der Waals surface area contributed by atoms with Crippen LogP contribution in [0.3, 0.4) is 0 Å². The van der Waals surface area contributed by atoms with E-state index in [2.05, 4.69) is 10.3 Å². The molecule has 68 valence electrons. The number of nitrogens with one attached hydrogen (secondary N) is 1. The van der Waals surface area contributed by atoms with Gasteiger partial charge in [0.05, 0.1) is 17.3 Å². The van der Waals surface area contributed by atoms with E-state index < -0.39 is 0 Å². The highest BCUT2D eigenvalue weighted by molar-refractivity contribution is 7.09. The van der Waals surface area contributed by atoms with Crippen LogP contribution in [0.25, 0.3) is 0 Å².